The molecule has 3 rings (SSSR count). The van der Waals surface area contributed by atoms with Gasteiger partial charge >= 0.3 is 0 Å². The zero-order chi connectivity index (χ0) is 17.8. The van der Waals surface area contributed by atoms with Gasteiger partial charge in [0.05, 0.1) is 6.20 Å². The topological polar surface area (TPSA) is 55.1 Å². The fourth-order valence-electron chi connectivity index (χ4n) is 2.29. The van der Waals surface area contributed by atoms with Crippen LogP contribution in [0.1, 0.15) is 17.9 Å². The summed E-state index contributed by atoms with van der Waals surface area (Å²) in [6, 6.07) is 12.7. The molecule has 1 aromatic heterocycles. The number of aryl methyl sites for hydroxylation is 2. The van der Waals surface area contributed by atoms with Crippen LogP contribution in [-0.4, -0.2) is 10.9 Å². The number of benzene rings is 2. The van der Waals surface area contributed by atoms with Crippen LogP contribution < -0.4 is 5.32 Å². The van der Waals surface area contributed by atoms with Gasteiger partial charge in [0.1, 0.15) is 0 Å². The second-order valence-electron chi connectivity index (χ2n) is 5.64. The fraction of sp³-hybridized carbons (Fsp3) is 0.158. The molecule has 0 aliphatic carbocycles. The fourth-order valence-corrected chi connectivity index (χ4v) is 2.59. The maximum atomic E-state index is 12.1. The van der Waals surface area contributed by atoms with Gasteiger partial charge in [0.2, 0.25) is 5.91 Å². The molecular weight excluding hydrogens is 359 g/mol. The summed E-state index contributed by atoms with van der Waals surface area (Å²) < 4.78 is 5.69. The average molecular weight is 375 g/mol. The summed E-state index contributed by atoms with van der Waals surface area (Å²) in [6.07, 6.45) is 2.33. The molecule has 128 valence electrons. The highest BCUT2D eigenvalue weighted by Gasteiger charge is 2.10. The lowest BCUT2D eigenvalue weighted by molar-refractivity contribution is -0.116. The van der Waals surface area contributed by atoms with Gasteiger partial charge in [-0.1, -0.05) is 29.3 Å². The van der Waals surface area contributed by atoms with Crippen LogP contribution in [0.2, 0.25) is 10.0 Å². The number of anilines is 1. The minimum absolute atomic E-state index is 0.119. The van der Waals surface area contributed by atoms with Crippen LogP contribution in [0.4, 0.5) is 5.69 Å². The molecule has 1 N–H and O–H groups in total. The molecule has 0 radical (unpaired) electrons. The van der Waals surface area contributed by atoms with Crippen molar-refractivity contribution in [3.63, 3.8) is 0 Å². The van der Waals surface area contributed by atoms with E-state index >= 15 is 0 Å². The Kier molecular flexibility index (Phi) is 5.41. The molecule has 25 heavy (non-hydrogen) atoms. The first kappa shape index (κ1) is 17.5. The van der Waals surface area contributed by atoms with Gasteiger partial charge in [0.15, 0.2) is 11.7 Å². The standard InChI is InChI=1S/C19H16Cl2N2O2/c1-12-2-7-15(10-16(12)21)23-18(24)8-9-19-22-11-17(25-19)13-3-5-14(20)6-4-13/h2-7,10-11H,8-9H2,1H3,(H,23,24). The molecule has 0 saturated carbocycles. The van der Waals surface area contributed by atoms with E-state index < -0.39 is 0 Å². The quantitative estimate of drug-likeness (QED) is 0.638. The van der Waals surface area contributed by atoms with E-state index in [-0.39, 0.29) is 12.3 Å². The molecule has 2 aromatic carbocycles. The van der Waals surface area contributed by atoms with Crippen LogP contribution in [0.5, 0.6) is 0 Å². The molecule has 3 aromatic rings. The Morgan fingerprint density at radius 2 is 1.92 bits per heavy atom. The third kappa shape index (κ3) is 4.62. The van der Waals surface area contributed by atoms with Crippen LogP contribution in [-0.2, 0) is 11.2 Å². The molecule has 0 unspecified atom stereocenters. The number of nitrogens with zero attached hydrogens (tertiary/aromatic N) is 1. The van der Waals surface area contributed by atoms with Crippen molar-refractivity contribution < 1.29 is 9.21 Å². The Labute approximate surface area is 155 Å². The van der Waals surface area contributed by atoms with Crippen LogP contribution in [0.15, 0.2) is 53.1 Å². The van der Waals surface area contributed by atoms with E-state index in [0.717, 1.165) is 11.1 Å². The number of amides is 1. The second kappa shape index (κ2) is 7.72. The van der Waals surface area contributed by atoms with Crippen LogP contribution in [0.3, 0.4) is 0 Å². The van der Waals surface area contributed by atoms with Gasteiger partial charge in [-0.25, -0.2) is 4.98 Å². The van der Waals surface area contributed by atoms with Crippen LogP contribution in [0.25, 0.3) is 11.3 Å². The molecule has 0 spiro atoms. The Hall–Kier alpha value is -2.30. The van der Waals surface area contributed by atoms with Gasteiger partial charge in [-0.2, -0.15) is 0 Å². The molecule has 0 aliphatic heterocycles. The number of hydrogen-bond donors (Lipinski definition) is 1. The summed E-state index contributed by atoms with van der Waals surface area (Å²) in [6.45, 7) is 1.91. The zero-order valence-electron chi connectivity index (χ0n) is 13.6. The van der Waals surface area contributed by atoms with E-state index in [4.69, 9.17) is 27.6 Å². The highest BCUT2D eigenvalue weighted by atomic mass is 35.5. The number of oxazole rings is 1. The van der Waals surface area contributed by atoms with E-state index in [1.54, 1.807) is 24.4 Å². The largest absolute Gasteiger partial charge is 0.441 e. The SMILES string of the molecule is Cc1ccc(NC(=O)CCc2ncc(-c3ccc(Cl)cc3)o2)cc1Cl. The Bertz CT molecular complexity index is 889. The first-order valence-electron chi connectivity index (χ1n) is 7.78. The number of nitrogens with one attached hydrogen (secondary N) is 1. The predicted molar refractivity (Wildman–Crippen MR) is 100 cm³/mol. The normalized spacial score (nSPS) is 10.7. The molecule has 0 bridgehead atoms. The Balaban J connectivity index is 1.57. The number of hydrogen-bond acceptors (Lipinski definition) is 3. The first-order chi connectivity index (χ1) is 12.0. The van der Waals surface area contributed by atoms with Crippen molar-refractivity contribution in [1.29, 1.82) is 0 Å². The van der Waals surface area contributed by atoms with Crippen molar-refractivity contribution in [2.45, 2.75) is 19.8 Å². The van der Waals surface area contributed by atoms with Crippen molar-refractivity contribution in [1.82, 2.24) is 4.98 Å². The van der Waals surface area contributed by atoms with Gasteiger partial charge in [-0.05, 0) is 48.9 Å². The minimum Gasteiger partial charge on any atom is -0.441 e. The van der Waals surface area contributed by atoms with Crippen LogP contribution >= 0.6 is 23.2 Å². The molecule has 0 aliphatic rings. The van der Waals surface area contributed by atoms with E-state index in [1.807, 2.05) is 31.2 Å². The van der Waals surface area contributed by atoms with Gasteiger partial charge in [-0.3, -0.25) is 4.79 Å². The van der Waals surface area contributed by atoms with Gasteiger partial charge in [0.25, 0.3) is 0 Å². The monoisotopic (exact) mass is 374 g/mol. The smallest absolute Gasteiger partial charge is 0.224 e. The summed E-state index contributed by atoms with van der Waals surface area (Å²) in [5, 5.41) is 4.10. The predicted octanol–water partition coefficient (Wildman–Crippen LogP) is 5.53. The summed E-state index contributed by atoms with van der Waals surface area (Å²) in [7, 11) is 0. The molecule has 4 nitrogen and oxygen atoms in total. The molecule has 6 heteroatoms. The Morgan fingerprint density at radius 1 is 1.16 bits per heavy atom. The van der Waals surface area contributed by atoms with E-state index in [1.165, 1.54) is 0 Å². The average Bonchev–Trinajstić information content (AvgIpc) is 3.06. The van der Waals surface area contributed by atoms with Crippen molar-refractivity contribution in [2.24, 2.45) is 0 Å². The maximum absolute atomic E-state index is 12.1. The lowest BCUT2D eigenvalue weighted by Gasteiger charge is -2.06. The maximum Gasteiger partial charge on any atom is 0.224 e. The highest BCUT2D eigenvalue weighted by Crippen LogP contribution is 2.23. The summed E-state index contributed by atoms with van der Waals surface area (Å²) >= 11 is 11.9. The molecule has 0 saturated heterocycles. The minimum atomic E-state index is -0.119. The van der Waals surface area contributed by atoms with Crippen molar-refractivity contribution in [2.75, 3.05) is 5.32 Å². The third-order valence-corrected chi connectivity index (χ3v) is 4.36. The van der Waals surface area contributed by atoms with Gasteiger partial charge in [-0.15, -0.1) is 0 Å². The van der Waals surface area contributed by atoms with Gasteiger partial charge in [0, 0.05) is 34.1 Å². The highest BCUT2D eigenvalue weighted by molar-refractivity contribution is 6.31. The number of carbonyl (C=O) groups excluding carboxylic acids is 1. The van der Waals surface area contributed by atoms with Crippen molar-refractivity contribution in [3.8, 4) is 11.3 Å². The van der Waals surface area contributed by atoms with E-state index in [2.05, 4.69) is 10.3 Å². The lowest BCUT2D eigenvalue weighted by Crippen LogP contribution is -2.12. The first-order valence-corrected chi connectivity index (χ1v) is 8.53. The van der Waals surface area contributed by atoms with Crippen LogP contribution in [0, 0.1) is 6.92 Å². The number of aromatic nitrogens is 1. The Morgan fingerprint density at radius 3 is 2.64 bits per heavy atom. The third-order valence-electron chi connectivity index (χ3n) is 3.70. The zero-order valence-corrected chi connectivity index (χ0v) is 15.1. The molecular formula is C19H16Cl2N2O2. The van der Waals surface area contributed by atoms with E-state index in [9.17, 15) is 4.79 Å². The molecule has 1 heterocycles. The number of rotatable bonds is 5. The van der Waals surface area contributed by atoms with E-state index in [0.29, 0.717) is 33.8 Å². The van der Waals surface area contributed by atoms with Crippen molar-refractivity contribution in [3.05, 3.63) is 70.2 Å². The molecule has 0 fully saturated rings. The van der Waals surface area contributed by atoms with Gasteiger partial charge < -0.3 is 9.73 Å². The summed E-state index contributed by atoms with van der Waals surface area (Å²) in [5.74, 6) is 1.05. The van der Waals surface area contributed by atoms with Crippen molar-refractivity contribution >= 4 is 34.8 Å². The molecule has 0 atom stereocenters. The molecule has 1 amide bonds. The second-order valence-corrected chi connectivity index (χ2v) is 6.48. The lowest BCUT2D eigenvalue weighted by atomic mass is 10.2. The summed E-state index contributed by atoms with van der Waals surface area (Å²) in [4.78, 5) is 16.3. The number of carbonyl (C=O) groups is 1. The number of halogens is 2. The summed E-state index contributed by atoms with van der Waals surface area (Å²) in [5.41, 5.74) is 2.53.